The van der Waals surface area contributed by atoms with Crippen LogP contribution in [0, 0.1) is 11.3 Å². The molecule has 2 atom stereocenters. The van der Waals surface area contributed by atoms with Crippen LogP contribution in [0.3, 0.4) is 0 Å². The molecule has 1 saturated heterocycles. The Balaban J connectivity index is 2.09. The Morgan fingerprint density at radius 2 is 1.95 bits per heavy atom. The standard InChI is InChI=1S/C17H29ClN2S/c1-5-13(19)16(14-6-7-15(18)21-14)20-10-8-12(9-11-20)17(2,3)4/h6-7,12-13,16H,5,8-11,19H2,1-4H3. The van der Waals surface area contributed by atoms with Crippen LogP contribution in [0.1, 0.15) is 57.9 Å². The zero-order chi connectivity index (χ0) is 15.6. The van der Waals surface area contributed by atoms with Gasteiger partial charge in [0.2, 0.25) is 0 Å². The molecule has 1 aromatic rings. The van der Waals surface area contributed by atoms with Crippen molar-refractivity contribution in [3.8, 4) is 0 Å². The van der Waals surface area contributed by atoms with E-state index in [0.717, 1.165) is 29.8 Å². The molecule has 1 aliphatic heterocycles. The van der Waals surface area contributed by atoms with Gasteiger partial charge in [-0.1, -0.05) is 39.3 Å². The van der Waals surface area contributed by atoms with Crippen molar-refractivity contribution in [3.05, 3.63) is 21.3 Å². The summed E-state index contributed by atoms with van der Waals surface area (Å²) in [6, 6.07) is 4.67. The molecule has 1 fully saturated rings. The van der Waals surface area contributed by atoms with E-state index in [1.54, 1.807) is 11.3 Å². The van der Waals surface area contributed by atoms with Crippen molar-refractivity contribution < 1.29 is 0 Å². The molecule has 0 aromatic carbocycles. The van der Waals surface area contributed by atoms with Gasteiger partial charge in [-0.3, -0.25) is 4.90 Å². The van der Waals surface area contributed by atoms with Crippen LogP contribution < -0.4 is 5.73 Å². The summed E-state index contributed by atoms with van der Waals surface area (Å²) in [7, 11) is 0. The molecule has 1 aliphatic rings. The summed E-state index contributed by atoms with van der Waals surface area (Å²) < 4.78 is 0.864. The highest BCUT2D eigenvalue weighted by Crippen LogP contribution is 2.39. The van der Waals surface area contributed by atoms with Crippen molar-refractivity contribution in [3.63, 3.8) is 0 Å². The van der Waals surface area contributed by atoms with Gasteiger partial charge in [-0.2, -0.15) is 0 Å². The van der Waals surface area contributed by atoms with Crippen LogP contribution in [0.2, 0.25) is 4.34 Å². The molecule has 2 unspecified atom stereocenters. The minimum atomic E-state index is 0.186. The molecule has 2 N–H and O–H groups in total. The summed E-state index contributed by atoms with van der Waals surface area (Å²) in [5.74, 6) is 0.819. The first-order valence-corrected chi connectivity index (χ1v) is 9.27. The van der Waals surface area contributed by atoms with Crippen molar-refractivity contribution in [2.45, 2.75) is 59.0 Å². The normalized spacial score (nSPS) is 21.4. The number of piperidine rings is 1. The maximum Gasteiger partial charge on any atom is 0.0931 e. The molecular formula is C17H29ClN2S. The lowest BCUT2D eigenvalue weighted by Gasteiger charge is -2.43. The second-order valence-electron chi connectivity index (χ2n) is 7.34. The van der Waals surface area contributed by atoms with Crippen LogP contribution >= 0.6 is 22.9 Å². The number of hydrogen-bond donors (Lipinski definition) is 1. The van der Waals surface area contributed by atoms with Crippen LogP contribution in [0.5, 0.6) is 0 Å². The van der Waals surface area contributed by atoms with Gasteiger partial charge in [0.15, 0.2) is 0 Å². The van der Waals surface area contributed by atoms with Gasteiger partial charge in [-0.05, 0) is 55.8 Å². The molecule has 120 valence electrons. The van der Waals surface area contributed by atoms with E-state index < -0.39 is 0 Å². The van der Waals surface area contributed by atoms with Crippen molar-refractivity contribution in [1.29, 1.82) is 0 Å². The van der Waals surface area contributed by atoms with E-state index in [1.807, 2.05) is 6.07 Å². The highest BCUT2D eigenvalue weighted by molar-refractivity contribution is 7.16. The van der Waals surface area contributed by atoms with Gasteiger partial charge in [-0.15, -0.1) is 11.3 Å². The smallest absolute Gasteiger partial charge is 0.0931 e. The highest BCUT2D eigenvalue weighted by atomic mass is 35.5. The lowest BCUT2D eigenvalue weighted by Crippen LogP contribution is -2.45. The highest BCUT2D eigenvalue weighted by Gasteiger charge is 2.34. The lowest BCUT2D eigenvalue weighted by molar-refractivity contribution is 0.0734. The number of thiophene rings is 1. The quantitative estimate of drug-likeness (QED) is 0.848. The third kappa shape index (κ3) is 4.22. The number of halogens is 1. The molecule has 2 heterocycles. The number of nitrogens with zero attached hydrogens (tertiary/aromatic N) is 1. The van der Waals surface area contributed by atoms with E-state index in [2.05, 4.69) is 38.7 Å². The fourth-order valence-electron chi connectivity index (χ4n) is 3.42. The first-order valence-electron chi connectivity index (χ1n) is 8.07. The van der Waals surface area contributed by atoms with E-state index in [9.17, 15) is 0 Å². The first-order chi connectivity index (χ1) is 9.82. The van der Waals surface area contributed by atoms with E-state index in [-0.39, 0.29) is 6.04 Å². The molecule has 1 aromatic heterocycles. The molecule has 0 amide bonds. The van der Waals surface area contributed by atoms with Crippen molar-refractivity contribution in [2.75, 3.05) is 13.1 Å². The number of likely N-dealkylation sites (tertiary alicyclic amines) is 1. The fourth-order valence-corrected chi connectivity index (χ4v) is 4.69. The monoisotopic (exact) mass is 328 g/mol. The number of nitrogens with two attached hydrogens (primary N) is 1. The van der Waals surface area contributed by atoms with Crippen LogP contribution in [-0.4, -0.2) is 24.0 Å². The van der Waals surface area contributed by atoms with Gasteiger partial charge in [-0.25, -0.2) is 0 Å². The van der Waals surface area contributed by atoms with Crippen molar-refractivity contribution in [1.82, 2.24) is 4.90 Å². The minimum Gasteiger partial charge on any atom is -0.326 e. The molecule has 21 heavy (non-hydrogen) atoms. The molecule has 0 saturated carbocycles. The summed E-state index contributed by atoms with van der Waals surface area (Å²) in [6.45, 7) is 11.6. The zero-order valence-electron chi connectivity index (χ0n) is 13.7. The molecule has 0 spiro atoms. The molecule has 0 radical (unpaired) electrons. The predicted molar refractivity (Wildman–Crippen MR) is 94.1 cm³/mol. The number of rotatable bonds is 4. The predicted octanol–water partition coefficient (Wildman–Crippen LogP) is 4.94. The maximum absolute atomic E-state index is 6.43. The van der Waals surface area contributed by atoms with E-state index in [4.69, 9.17) is 17.3 Å². The molecule has 0 aliphatic carbocycles. The summed E-state index contributed by atoms with van der Waals surface area (Å²) in [5.41, 5.74) is 6.85. The Bertz CT molecular complexity index is 444. The Morgan fingerprint density at radius 1 is 1.33 bits per heavy atom. The molecule has 4 heteroatoms. The fraction of sp³-hybridized carbons (Fsp3) is 0.765. The summed E-state index contributed by atoms with van der Waals surface area (Å²) in [5, 5.41) is 0. The molecule has 0 bridgehead atoms. The SMILES string of the molecule is CCC(N)C(c1ccc(Cl)s1)N1CCC(C(C)(C)C)CC1. The second-order valence-corrected chi connectivity index (χ2v) is 9.08. The van der Waals surface area contributed by atoms with Crippen LogP contribution in [0.4, 0.5) is 0 Å². The number of hydrogen-bond acceptors (Lipinski definition) is 3. The largest absolute Gasteiger partial charge is 0.326 e. The second kappa shape index (κ2) is 6.99. The molecular weight excluding hydrogens is 300 g/mol. The summed E-state index contributed by atoms with van der Waals surface area (Å²) >= 11 is 7.82. The Labute approximate surface area is 138 Å². The summed E-state index contributed by atoms with van der Waals surface area (Å²) in [6.07, 6.45) is 3.55. The van der Waals surface area contributed by atoms with Gasteiger partial charge in [0, 0.05) is 10.9 Å². The topological polar surface area (TPSA) is 29.3 Å². The Morgan fingerprint density at radius 3 is 2.38 bits per heavy atom. The van der Waals surface area contributed by atoms with E-state index in [1.165, 1.54) is 17.7 Å². The zero-order valence-corrected chi connectivity index (χ0v) is 15.3. The first kappa shape index (κ1) is 17.3. The van der Waals surface area contributed by atoms with Gasteiger partial charge in [0.05, 0.1) is 10.4 Å². The van der Waals surface area contributed by atoms with Crippen molar-refractivity contribution in [2.24, 2.45) is 17.1 Å². The lowest BCUT2D eigenvalue weighted by atomic mass is 9.75. The van der Waals surface area contributed by atoms with Crippen LogP contribution in [0.25, 0.3) is 0 Å². The van der Waals surface area contributed by atoms with Gasteiger partial charge < -0.3 is 5.73 Å². The average Bonchev–Trinajstić information content (AvgIpc) is 2.84. The minimum absolute atomic E-state index is 0.186. The van der Waals surface area contributed by atoms with E-state index in [0.29, 0.717) is 11.5 Å². The summed E-state index contributed by atoms with van der Waals surface area (Å²) in [4.78, 5) is 3.90. The Hall–Kier alpha value is -0.0900. The maximum atomic E-state index is 6.43. The third-order valence-electron chi connectivity index (χ3n) is 4.91. The van der Waals surface area contributed by atoms with Crippen LogP contribution in [0.15, 0.2) is 12.1 Å². The molecule has 2 nitrogen and oxygen atoms in total. The van der Waals surface area contributed by atoms with Gasteiger partial charge in [0.25, 0.3) is 0 Å². The van der Waals surface area contributed by atoms with Crippen LogP contribution in [-0.2, 0) is 0 Å². The van der Waals surface area contributed by atoms with E-state index >= 15 is 0 Å². The molecule has 2 rings (SSSR count). The van der Waals surface area contributed by atoms with Gasteiger partial charge in [0.1, 0.15) is 0 Å². The Kier molecular flexibility index (Phi) is 5.75. The third-order valence-corrected chi connectivity index (χ3v) is 6.21. The van der Waals surface area contributed by atoms with Crippen molar-refractivity contribution >= 4 is 22.9 Å². The average molecular weight is 329 g/mol. The van der Waals surface area contributed by atoms with Gasteiger partial charge >= 0.3 is 0 Å².